The molecule has 0 saturated heterocycles. The lowest BCUT2D eigenvalue weighted by molar-refractivity contribution is -0.142. The Bertz CT molecular complexity index is 678. The van der Waals surface area contributed by atoms with Crippen molar-refractivity contribution in [1.29, 1.82) is 0 Å². The van der Waals surface area contributed by atoms with E-state index in [0.29, 0.717) is 5.56 Å². The largest absolute Gasteiger partial charge is 0.480 e. The van der Waals surface area contributed by atoms with E-state index in [2.05, 4.69) is 10.6 Å². The van der Waals surface area contributed by atoms with Gasteiger partial charge in [-0.2, -0.15) is 0 Å². The van der Waals surface area contributed by atoms with Crippen LogP contribution in [0.4, 0.5) is 0 Å². The minimum absolute atomic E-state index is 0.0463. The molecule has 0 aliphatic heterocycles. The zero-order valence-corrected chi connectivity index (χ0v) is 15.3. The number of amides is 3. The fraction of sp³-hybridized carbons (Fsp3) is 0.444. The number of nitrogens with two attached hydrogens (primary N) is 2. The lowest BCUT2D eigenvalue weighted by Gasteiger charge is -2.23. The normalized spacial score (nSPS) is 14.1. The number of nitrogens with one attached hydrogen (secondary N) is 2. The quantitative estimate of drug-likeness (QED) is 0.355. The van der Waals surface area contributed by atoms with Gasteiger partial charge in [-0.3, -0.25) is 14.4 Å². The van der Waals surface area contributed by atoms with E-state index in [4.69, 9.17) is 11.5 Å². The summed E-state index contributed by atoms with van der Waals surface area (Å²) in [5.74, 6) is -3.69. The molecule has 3 amide bonds. The second-order valence-electron chi connectivity index (χ2n) is 6.59. The van der Waals surface area contributed by atoms with Gasteiger partial charge in [0.2, 0.25) is 17.7 Å². The SMILES string of the molecule is CC(C)[C@H](N)C(=O)N[C@@H](CC(N)=O)C(=O)N[C@@H](Cc1ccccc1)C(=O)O. The molecule has 7 N–H and O–H groups in total. The van der Waals surface area contributed by atoms with Gasteiger partial charge >= 0.3 is 5.97 Å². The Morgan fingerprint density at radius 3 is 2.04 bits per heavy atom. The molecule has 1 rings (SSSR count). The molecule has 0 unspecified atom stereocenters. The number of aliphatic carboxylic acids is 1. The Balaban J connectivity index is 2.87. The summed E-state index contributed by atoms with van der Waals surface area (Å²) in [6, 6.07) is 5.32. The number of carbonyl (C=O) groups excluding carboxylic acids is 3. The molecule has 0 bridgehead atoms. The van der Waals surface area contributed by atoms with Gasteiger partial charge in [0.25, 0.3) is 0 Å². The molecule has 0 saturated carbocycles. The van der Waals surface area contributed by atoms with E-state index in [9.17, 15) is 24.3 Å². The molecule has 0 fully saturated rings. The third-order valence-electron chi connectivity index (χ3n) is 3.96. The number of primary amides is 1. The maximum absolute atomic E-state index is 12.5. The number of carboxylic acid groups (broad SMARTS) is 1. The summed E-state index contributed by atoms with van der Waals surface area (Å²) in [7, 11) is 0. The summed E-state index contributed by atoms with van der Waals surface area (Å²) in [6.07, 6.45) is -0.426. The molecular formula is C18H26N4O5. The van der Waals surface area contributed by atoms with Gasteiger partial charge in [-0.15, -0.1) is 0 Å². The molecule has 1 aromatic carbocycles. The van der Waals surface area contributed by atoms with Crippen molar-refractivity contribution in [2.75, 3.05) is 0 Å². The van der Waals surface area contributed by atoms with Crippen molar-refractivity contribution < 1.29 is 24.3 Å². The van der Waals surface area contributed by atoms with Crippen LogP contribution in [-0.2, 0) is 25.6 Å². The standard InChI is InChI=1S/C18H26N4O5/c1-10(2)15(20)17(25)21-12(9-14(19)23)16(24)22-13(18(26)27)8-11-6-4-3-5-7-11/h3-7,10,12-13,15H,8-9,20H2,1-2H3,(H2,19,23)(H,21,25)(H,22,24)(H,26,27)/t12-,13-,15-/m0/s1. The second-order valence-corrected chi connectivity index (χ2v) is 6.59. The third-order valence-corrected chi connectivity index (χ3v) is 3.96. The van der Waals surface area contributed by atoms with Gasteiger partial charge in [0.15, 0.2) is 0 Å². The van der Waals surface area contributed by atoms with Gasteiger partial charge < -0.3 is 27.2 Å². The van der Waals surface area contributed by atoms with Crippen molar-refractivity contribution in [3.05, 3.63) is 35.9 Å². The summed E-state index contributed by atoms with van der Waals surface area (Å²) in [5.41, 5.74) is 11.6. The van der Waals surface area contributed by atoms with Crippen molar-refractivity contribution in [3.8, 4) is 0 Å². The summed E-state index contributed by atoms with van der Waals surface area (Å²) in [4.78, 5) is 47.3. The van der Waals surface area contributed by atoms with Gasteiger partial charge in [-0.05, 0) is 11.5 Å². The van der Waals surface area contributed by atoms with Gasteiger partial charge in [-0.1, -0.05) is 44.2 Å². The minimum atomic E-state index is -1.31. The third kappa shape index (κ3) is 7.45. The fourth-order valence-electron chi connectivity index (χ4n) is 2.30. The lowest BCUT2D eigenvalue weighted by Crippen LogP contribution is -2.56. The van der Waals surface area contributed by atoms with E-state index >= 15 is 0 Å². The van der Waals surface area contributed by atoms with Crippen molar-refractivity contribution in [1.82, 2.24) is 10.6 Å². The molecule has 0 aromatic heterocycles. The predicted molar refractivity (Wildman–Crippen MR) is 98.3 cm³/mol. The Morgan fingerprint density at radius 2 is 1.56 bits per heavy atom. The maximum atomic E-state index is 12.5. The first-order valence-corrected chi connectivity index (χ1v) is 8.53. The fourth-order valence-corrected chi connectivity index (χ4v) is 2.30. The van der Waals surface area contributed by atoms with Crippen molar-refractivity contribution in [3.63, 3.8) is 0 Å². The Kier molecular flexibility index (Phi) is 8.40. The summed E-state index contributed by atoms with van der Waals surface area (Å²) in [5, 5.41) is 14.1. The van der Waals surface area contributed by atoms with Crippen LogP contribution in [0.25, 0.3) is 0 Å². The van der Waals surface area contributed by atoms with Crippen LogP contribution in [0, 0.1) is 5.92 Å². The average Bonchev–Trinajstić information content (AvgIpc) is 2.59. The molecule has 0 aliphatic rings. The van der Waals surface area contributed by atoms with Gasteiger partial charge in [0.1, 0.15) is 12.1 Å². The first kappa shape index (κ1) is 22.1. The number of carboxylic acids is 1. The first-order chi connectivity index (χ1) is 12.6. The zero-order valence-electron chi connectivity index (χ0n) is 15.3. The monoisotopic (exact) mass is 378 g/mol. The van der Waals surface area contributed by atoms with Crippen LogP contribution in [0.1, 0.15) is 25.8 Å². The summed E-state index contributed by atoms with van der Waals surface area (Å²) >= 11 is 0. The molecule has 9 heteroatoms. The molecule has 0 spiro atoms. The Hall–Kier alpha value is -2.94. The van der Waals surface area contributed by atoms with Crippen LogP contribution in [0.5, 0.6) is 0 Å². The maximum Gasteiger partial charge on any atom is 0.326 e. The van der Waals surface area contributed by atoms with Gasteiger partial charge in [0, 0.05) is 6.42 Å². The Morgan fingerprint density at radius 1 is 1.00 bits per heavy atom. The zero-order chi connectivity index (χ0) is 20.6. The topological polar surface area (TPSA) is 165 Å². The number of hydrogen-bond donors (Lipinski definition) is 5. The smallest absolute Gasteiger partial charge is 0.326 e. The van der Waals surface area contributed by atoms with E-state index in [1.807, 2.05) is 0 Å². The molecule has 0 heterocycles. The molecule has 0 aliphatic carbocycles. The summed E-state index contributed by atoms with van der Waals surface area (Å²) in [6.45, 7) is 3.46. The van der Waals surface area contributed by atoms with Crippen LogP contribution >= 0.6 is 0 Å². The Labute approximate surface area is 157 Å². The molecule has 148 valence electrons. The number of hydrogen-bond acceptors (Lipinski definition) is 5. The number of carbonyl (C=O) groups is 4. The highest BCUT2D eigenvalue weighted by Crippen LogP contribution is 2.05. The van der Waals surface area contributed by atoms with E-state index in [-0.39, 0.29) is 12.3 Å². The van der Waals surface area contributed by atoms with Crippen molar-refractivity contribution in [2.24, 2.45) is 17.4 Å². The molecule has 9 nitrogen and oxygen atoms in total. The molecule has 1 aromatic rings. The minimum Gasteiger partial charge on any atom is -0.480 e. The van der Waals surface area contributed by atoms with Crippen LogP contribution in [0.3, 0.4) is 0 Å². The van der Waals surface area contributed by atoms with Gasteiger partial charge in [0.05, 0.1) is 12.5 Å². The van der Waals surface area contributed by atoms with Crippen LogP contribution < -0.4 is 22.1 Å². The van der Waals surface area contributed by atoms with E-state index in [1.165, 1.54) is 0 Å². The predicted octanol–water partition coefficient (Wildman–Crippen LogP) is -0.858. The second kappa shape index (κ2) is 10.3. The van der Waals surface area contributed by atoms with Gasteiger partial charge in [-0.25, -0.2) is 4.79 Å². The average molecular weight is 378 g/mol. The molecular weight excluding hydrogens is 352 g/mol. The molecule has 3 atom stereocenters. The van der Waals surface area contributed by atoms with E-state index < -0.39 is 48.2 Å². The molecule has 27 heavy (non-hydrogen) atoms. The van der Waals surface area contributed by atoms with Crippen molar-refractivity contribution in [2.45, 2.75) is 44.8 Å². The highest BCUT2D eigenvalue weighted by molar-refractivity contribution is 5.94. The summed E-state index contributed by atoms with van der Waals surface area (Å²) < 4.78 is 0. The molecule has 0 radical (unpaired) electrons. The highest BCUT2D eigenvalue weighted by Gasteiger charge is 2.29. The number of benzene rings is 1. The van der Waals surface area contributed by atoms with Crippen LogP contribution in [-0.4, -0.2) is 46.9 Å². The van der Waals surface area contributed by atoms with Crippen LogP contribution in [0.15, 0.2) is 30.3 Å². The lowest BCUT2D eigenvalue weighted by atomic mass is 10.0. The number of rotatable bonds is 10. The van der Waals surface area contributed by atoms with E-state index in [0.717, 1.165) is 0 Å². The highest BCUT2D eigenvalue weighted by atomic mass is 16.4. The first-order valence-electron chi connectivity index (χ1n) is 8.53. The van der Waals surface area contributed by atoms with Crippen molar-refractivity contribution >= 4 is 23.7 Å². The van der Waals surface area contributed by atoms with E-state index in [1.54, 1.807) is 44.2 Å². The van der Waals surface area contributed by atoms with Crippen LogP contribution in [0.2, 0.25) is 0 Å².